The van der Waals surface area contributed by atoms with Gasteiger partial charge in [0.25, 0.3) is 0 Å². The minimum absolute atomic E-state index is 0.106. The zero-order valence-electron chi connectivity index (χ0n) is 24.1. The number of aryl methyl sites for hydroxylation is 1. The Bertz CT molecular complexity index is 1430. The third-order valence-corrected chi connectivity index (χ3v) is 8.28. The van der Waals surface area contributed by atoms with Crippen LogP contribution in [0.5, 0.6) is 5.75 Å². The third kappa shape index (κ3) is 8.96. The van der Waals surface area contributed by atoms with E-state index in [1.165, 1.54) is 24.1 Å². The van der Waals surface area contributed by atoms with Crippen LogP contribution in [0.25, 0.3) is 0 Å². The van der Waals surface area contributed by atoms with Crippen LogP contribution in [0.2, 0.25) is 5.02 Å². The van der Waals surface area contributed by atoms with Gasteiger partial charge in [0, 0.05) is 19.0 Å². The fourth-order valence-corrected chi connectivity index (χ4v) is 5.40. The Balaban J connectivity index is 2.06. The van der Waals surface area contributed by atoms with Crippen LogP contribution in [0.15, 0.2) is 72.8 Å². The summed E-state index contributed by atoms with van der Waals surface area (Å²) in [6, 6.07) is 20.6. The summed E-state index contributed by atoms with van der Waals surface area (Å²) in [7, 11) is -2.45. The van der Waals surface area contributed by atoms with Gasteiger partial charge in [-0.1, -0.05) is 78.7 Å². The molecule has 0 spiro atoms. The summed E-state index contributed by atoms with van der Waals surface area (Å²) in [5.74, 6) is -0.453. The number of hydrogen-bond donors (Lipinski definition) is 1. The first-order valence-electron chi connectivity index (χ1n) is 13.4. The van der Waals surface area contributed by atoms with Gasteiger partial charge in [0.2, 0.25) is 21.8 Å². The van der Waals surface area contributed by atoms with E-state index in [1.54, 1.807) is 6.07 Å². The quantitative estimate of drug-likeness (QED) is 0.299. The molecule has 0 heterocycles. The number of benzene rings is 3. The van der Waals surface area contributed by atoms with Crippen LogP contribution in [-0.4, -0.2) is 57.1 Å². The van der Waals surface area contributed by atoms with Gasteiger partial charge in [-0.25, -0.2) is 8.42 Å². The van der Waals surface area contributed by atoms with Crippen LogP contribution in [0, 0.1) is 6.92 Å². The highest BCUT2D eigenvalue weighted by Crippen LogP contribution is 2.30. The summed E-state index contributed by atoms with van der Waals surface area (Å²) in [6.45, 7) is 5.44. The Morgan fingerprint density at radius 3 is 2.22 bits per heavy atom. The number of carbonyl (C=O) groups excluding carboxylic acids is 2. The zero-order valence-corrected chi connectivity index (χ0v) is 25.7. The van der Waals surface area contributed by atoms with Crippen molar-refractivity contribution in [3.8, 4) is 5.75 Å². The molecule has 3 aromatic carbocycles. The standard InChI is InChI=1S/C31H38ClN3O5S/c1-6-23(3)33-31(37)28(18-24-10-8-7-9-11-24)34(20-25-14-12-22(2)13-15-25)30(36)21-35(41(5,38)39)26-16-17-29(40-4)27(32)19-26/h7-17,19,23,28H,6,18,20-21H2,1-5H3,(H,33,37)/t23-,28+/m0/s1. The lowest BCUT2D eigenvalue weighted by molar-refractivity contribution is -0.140. The highest BCUT2D eigenvalue weighted by Gasteiger charge is 2.33. The lowest BCUT2D eigenvalue weighted by Crippen LogP contribution is -2.54. The molecule has 0 aliphatic heterocycles. The summed E-state index contributed by atoms with van der Waals surface area (Å²) < 4.78 is 32.1. The summed E-state index contributed by atoms with van der Waals surface area (Å²) in [4.78, 5) is 29.3. The molecule has 2 amide bonds. The van der Waals surface area contributed by atoms with Gasteiger partial charge in [0.15, 0.2) is 0 Å². The average molecular weight is 600 g/mol. The lowest BCUT2D eigenvalue weighted by atomic mass is 10.0. The van der Waals surface area contributed by atoms with E-state index in [9.17, 15) is 18.0 Å². The smallest absolute Gasteiger partial charge is 0.244 e. The number of ether oxygens (including phenoxy) is 1. The van der Waals surface area contributed by atoms with Crippen molar-refractivity contribution < 1.29 is 22.7 Å². The molecule has 0 aromatic heterocycles. The zero-order chi connectivity index (χ0) is 30.2. The van der Waals surface area contributed by atoms with E-state index in [1.807, 2.05) is 75.4 Å². The van der Waals surface area contributed by atoms with Crippen molar-refractivity contribution in [3.63, 3.8) is 0 Å². The Labute approximate surface area is 248 Å². The number of methoxy groups -OCH3 is 1. The van der Waals surface area contributed by atoms with Crippen molar-refractivity contribution >= 4 is 39.1 Å². The molecule has 0 radical (unpaired) electrons. The number of amides is 2. The molecular weight excluding hydrogens is 562 g/mol. The maximum absolute atomic E-state index is 14.1. The van der Waals surface area contributed by atoms with Crippen molar-refractivity contribution in [1.29, 1.82) is 0 Å². The van der Waals surface area contributed by atoms with Crippen molar-refractivity contribution in [2.75, 3.05) is 24.2 Å². The van der Waals surface area contributed by atoms with Crippen LogP contribution in [0.3, 0.4) is 0 Å². The van der Waals surface area contributed by atoms with Crippen LogP contribution >= 0.6 is 11.6 Å². The van der Waals surface area contributed by atoms with Gasteiger partial charge in [-0.3, -0.25) is 13.9 Å². The molecule has 10 heteroatoms. The van der Waals surface area contributed by atoms with Crippen molar-refractivity contribution in [1.82, 2.24) is 10.2 Å². The molecule has 0 bridgehead atoms. The minimum Gasteiger partial charge on any atom is -0.495 e. The van der Waals surface area contributed by atoms with E-state index in [4.69, 9.17) is 16.3 Å². The van der Waals surface area contributed by atoms with E-state index in [-0.39, 0.29) is 35.6 Å². The first-order chi connectivity index (χ1) is 19.4. The van der Waals surface area contributed by atoms with Gasteiger partial charge in [-0.05, 0) is 49.6 Å². The summed E-state index contributed by atoms with van der Waals surface area (Å²) in [6.07, 6.45) is 2.00. The molecule has 0 saturated carbocycles. The van der Waals surface area contributed by atoms with Crippen LogP contribution in [0.4, 0.5) is 5.69 Å². The average Bonchev–Trinajstić information content (AvgIpc) is 2.94. The molecule has 0 aliphatic carbocycles. The Kier molecular flexibility index (Phi) is 11.2. The number of nitrogens with one attached hydrogen (secondary N) is 1. The number of halogens is 1. The molecule has 41 heavy (non-hydrogen) atoms. The van der Waals surface area contributed by atoms with Gasteiger partial charge in [0.1, 0.15) is 18.3 Å². The monoisotopic (exact) mass is 599 g/mol. The molecule has 0 saturated heterocycles. The van der Waals surface area contributed by atoms with Gasteiger partial charge in [0.05, 0.1) is 24.1 Å². The second kappa shape index (κ2) is 14.4. The molecule has 3 aromatic rings. The Morgan fingerprint density at radius 2 is 1.66 bits per heavy atom. The molecule has 2 atom stereocenters. The van der Waals surface area contributed by atoms with Crippen molar-refractivity contribution in [2.24, 2.45) is 0 Å². The lowest BCUT2D eigenvalue weighted by Gasteiger charge is -2.34. The Hall–Kier alpha value is -3.56. The molecule has 220 valence electrons. The highest BCUT2D eigenvalue weighted by atomic mass is 35.5. The predicted octanol–water partition coefficient (Wildman–Crippen LogP) is 4.98. The number of anilines is 1. The van der Waals surface area contributed by atoms with Crippen LogP contribution < -0.4 is 14.4 Å². The third-order valence-electron chi connectivity index (χ3n) is 6.85. The number of hydrogen-bond acceptors (Lipinski definition) is 5. The van der Waals surface area contributed by atoms with Crippen molar-refractivity contribution in [2.45, 2.75) is 52.2 Å². The highest BCUT2D eigenvalue weighted by molar-refractivity contribution is 7.92. The van der Waals surface area contributed by atoms with Gasteiger partial charge < -0.3 is 15.0 Å². The first kappa shape index (κ1) is 32.0. The molecule has 3 rings (SSSR count). The van der Waals surface area contributed by atoms with E-state index >= 15 is 0 Å². The number of carbonyl (C=O) groups is 2. The number of sulfonamides is 1. The van der Waals surface area contributed by atoms with Gasteiger partial charge in [-0.2, -0.15) is 0 Å². The van der Waals surface area contributed by atoms with Crippen molar-refractivity contribution in [3.05, 3.63) is 94.5 Å². The molecule has 0 fully saturated rings. The van der Waals surface area contributed by atoms with Gasteiger partial charge >= 0.3 is 0 Å². The SMILES string of the molecule is CC[C@H](C)NC(=O)[C@@H](Cc1ccccc1)N(Cc1ccc(C)cc1)C(=O)CN(c1ccc(OC)c(Cl)c1)S(C)(=O)=O. The van der Waals surface area contributed by atoms with E-state index in [0.29, 0.717) is 5.75 Å². The second-order valence-corrected chi connectivity index (χ2v) is 12.4. The first-order valence-corrected chi connectivity index (χ1v) is 15.7. The molecule has 1 N–H and O–H groups in total. The number of rotatable bonds is 13. The van der Waals surface area contributed by atoms with E-state index in [2.05, 4.69) is 5.32 Å². The Morgan fingerprint density at radius 1 is 1.00 bits per heavy atom. The molecular formula is C31H38ClN3O5S. The fraction of sp³-hybridized carbons (Fsp3) is 0.355. The molecule has 8 nitrogen and oxygen atoms in total. The maximum atomic E-state index is 14.1. The molecule has 0 aliphatic rings. The summed E-state index contributed by atoms with van der Waals surface area (Å²) >= 11 is 6.29. The van der Waals surface area contributed by atoms with E-state index in [0.717, 1.165) is 33.7 Å². The normalized spacial score (nSPS) is 12.7. The number of nitrogens with zero attached hydrogens (tertiary/aromatic N) is 2. The predicted molar refractivity (Wildman–Crippen MR) is 164 cm³/mol. The summed E-state index contributed by atoms with van der Waals surface area (Å²) in [5.41, 5.74) is 2.96. The second-order valence-electron chi connectivity index (χ2n) is 10.1. The maximum Gasteiger partial charge on any atom is 0.244 e. The topological polar surface area (TPSA) is 96.0 Å². The fourth-order valence-electron chi connectivity index (χ4n) is 4.31. The minimum atomic E-state index is -3.90. The van der Waals surface area contributed by atoms with E-state index < -0.39 is 28.5 Å². The summed E-state index contributed by atoms with van der Waals surface area (Å²) in [5, 5.41) is 3.23. The largest absolute Gasteiger partial charge is 0.495 e. The van der Waals surface area contributed by atoms with Crippen LogP contribution in [-0.2, 0) is 32.6 Å². The van der Waals surface area contributed by atoms with Crippen LogP contribution in [0.1, 0.15) is 37.0 Å². The molecule has 0 unspecified atom stereocenters. The van der Waals surface area contributed by atoms with Gasteiger partial charge in [-0.15, -0.1) is 0 Å².